The van der Waals surface area contributed by atoms with Gasteiger partial charge in [-0.25, -0.2) is 4.79 Å². The molecule has 1 aliphatic rings. The Balaban J connectivity index is 2.54. The maximum atomic E-state index is 11.1. The molecule has 0 saturated carbocycles. The second kappa shape index (κ2) is 4.13. The minimum absolute atomic E-state index is 0.0483. The lowest BCUT2D eigenvalue weighted by Crippen LogP contribution is -2.54. The number of carbonyl (C=O) groups is 1. The van der Waals surface area contributed by atoms with Crippen LogP contribution in [0.5, 0.6) is 0 Å². The third-order valence-corrected chi connectivity index (χ3v) is 2.55. The van der Waals surface area contributed by atoms with Crippen molar-refractivity contribution in [3.05, 3.63) is 0 Å². The van der Waals surface area contributed by atoms with Gasteiger partial charge >= 0.3 is 6.09 Å². The van der Waals surface area contributed by atoms with Gasteiger partial charge < -0.3 is 9.64 Å². The number of ether oxygens (including phenoxy) is 1. The monoisotopic (exact) mass is 182 g/mol. The summed E-state index contributed by atoms with van der Waals surface area (Å²) in [4.78, 5) is 12.8. The number of rotatable bonds is 2. The molecule has 1 amide bonds. The minimum Gasteiger partial charge on any atom is -0.453 e. The summed E-state index contributed by atoms with van der Waals surface area (Å²) in [7, 11) is 1.37. The highest BCUT2D eigenvalue weighted by atomic mass is 16.5. The van der Waals surface area contributed by atoms with E-state index in [4.69, 9.17) is 5.26 Å². The van der Waals surface area contributed by atoms with E-state index in [1.807, 2.05) is 6.92 Å². The molecule has 0 bridgehead atoms. The molecular weight excluding hydrogens is 168 g/mol. The molecule has 72 valence electrons. The number of nitrogens with zero attached hydrogens (tertiary/aromatic N) is 2. The molecule has 4 heteroatoms. The third-order valence-electron chi connectivity index (χ3n) is 2.55. The van der Waals surface area contributed by atoms with Crippen molar-refractivity contribution >= 4 is 6.09 Å². The predicted molar refractivity (Wildman–Crippen MR) is 46.9 cm³/mol. The Bertz CT molecular complexity index is 234. The smallest absolute Gasteiger partial charge is 0.409 e. The van der Waals surface area contributed by atoms with Crippen molar-refractivity contribution in [2.75, 3.05) is 13.7 Å². The number of carbonyl (C=O) groups excluding carboxylic acids is 1. The van der Waals surface area contributed by atoms with Crippen LogP contribution in [0.1, 0.15) is 19.8 Å². The van der Waals surface area contributed by atoms with Gasteiger partial charge in [-0.05, 0) is 12.8 Å². The first-order chi connectivity index (χ1) is 6.24. The first kappa shape index (κ1) is 9.85. The summed E-state index contributed by atoms with van der Waals surface area (Å²) < 4.78 is 4.60. The molecule has 0 aliphatic carbocycles. The van der Waals surface area contributed by atoms with Gasteiger partial charge in [-0.1, -0.05) is 6.92 Å². The molecule has 1 fully saturated rings. The van der Waals surface area contributed by atoms with Crippen LogP contribution in [0.4, 0.5) is 4.79 Å². The summed E-state index contributed by atoms with van der Waals surface area (Å²) in [6, 6.07) is 2.28. The molecule has 13 heavy (non-hydrogen) atoms. The fraction of sp³-hybridized carbons (Fsp3) is 0.778. The van der Waals surface area contributed by atoms with Crippen LogP contribution < -0.4 is 0 Å². The molecule has 4 nitrogen and oxygen atoms in total. The zero-order valence-corrected chi connectivity index (χ0v) is 7.99. The molecule has 0 radical (unpaired) electrons. The lowest BCUT2D eigenvalue weighted by molar-refractivity contribution is 0.0450. The van der Waals surface area contributed by atoms with E-state index in [-0.39, 0.29) is 18.1 Å². The van der Waals surface area contributed by atoms with Crippen molar-refractivity contribution in [1.82, 2.24) is 4.90 Å². The van der Waals surface area contributed by atoms with Crippen molar-refractivity contribution in [2.24, 2.45) is 5.92 Å². The van der Waals surface area contributed by atoms with Crippen LogP contribution in [0.3, 0.4) is 0 Å². The highest BCUT2D eigenvalue weighted by Crippen LogP contribution is 2.26. The largest absolute Gasteiger partial charge is 0.453 e. The fourth-order valence-electron chi connectivity index (χ4n) is 1.62. The quantitative estimate of drug-likeness (QED) is 0.648. The summed E-state index contributed by atoms with van der Waals surface area (Å²) in [6.45, 7) is 2.68. The molecule has 0 spiro atoms. The van der Waals surface area contributed by atoms with Crippen molar-refractivity contribution in [2.45, 2.75) is 25.8 Å². The second-order valence-corrected chi connectivity index (χ2v) is 3.16. The van der Waals surface area contributed by atoms with Gasteiger partial charge in [0.05, 0.1) is 25.1 Å². The Morgan fingerprint density at radius 1 is 1.85 bits per heavy atom. The average molecular weight is 182 g/mol. The van der Waals surface area contributed by atoms with E-state index in [1.54, 1.807) is 4.90 Å². The maximum Gasteiger partial charge on any atom is 0.409 e. The number of hydrogen-bond donors (Lipinski definition) is 0. The maximum absolute atomic E-state index is 11.1. The summed E-state index contributed by atoms with van der Waals surface area (Å²) in [5.41, 5.74) is 0. The van der Waals surface area contributed by atoms with Crippen molar-refractivity contribution in [3.63, 3.8) is 0 Å². The molecule has 1 rings (SSSR count). The van der Waals surface area contributed by atoms with Crippen LogP contribution in [-0.2, 0) is 4.74 Å². The molecule has 1 aliphatic heterocycles. The number of hydrogen-bond acceptors (Lipinski definition) is 3. The topological polar surface area (TPSA) is 53.3 Å². The summed E-state index contributed by atoms with van der Waals surface area (Å²) >= 11 is 0. The van der Waals surface area contributed by atoms with E-state index in [0.29, 0.717) is 0 Å². The van der Waals surface area contributed by atoms with Gasteiger partial charge in [0.25, 0.3) is 0 Å². The Kier molecular flexibility index (Phi) is 3.13. The molecule has 2 unspecified atom stereocenters. The molecule has 0 N–H and O–H groups in total. The van der Waals surface area contributed by atoms with Crippen LogP contribution in [0.15, 0.2) is 0 Å². The predicted octanol–water partition coefficient (Wildman–Crippen LogP) is 1.38. The zero-order chi connectivity index (χ0) is 9.84. The van der Waals surface area contributed by atoms with Gasteiger partial charge in [-0.2, -0.15) is 5.26 Å². The Labute approximate surface area is 78.1 Å². The highest BCUT2D eigenvalue weighted by molar-refractivity contribution is 5.69. The number of likely N-dealkylation sites (tertiary alicyclic amines) is 1. The normalized spacial score (nSPS) is 22.8. The summed E-state index contributed by atoms with van der Waals surface area (Å²) in [5.74, 6) is -0.0483. The van der Waals surface area contributed by atoms with Crippen LogP contribution >= 0.6 is 0 Å². The van der Waals surface area contributed by atoms with Gasteiger partial charge in [0, 0.05) is 6.54 Å². The standard InChI is InChI=1S/C9H14N2O2/c1-3-7(6-10)8-4-5-11(8)9(12)13-2/h7-8H,3-5H2,1-2H3. The van der Waals surface area contributed by atoms with Gasteiger partial charge in [0.1, 0.15) is 0 Å². The van der Waals surface area contributed by atoms with Gasteiger partial charge in [0.15, 0.2) is 0 Å². The summed E-state index contributed by atoms with van der Waals surface area (Å²) in [6.07, 6.45) is 1.39. The van der Waals surface area contributed by atoms with Gasteiger partial charge in [-0.3, -0.25) is 0 Å². The molecular formula is C9H14N2O2. The van der Waals surface area contributed by atoms with Crippen LogP contribution in [0.25, 0.3) is 0 Å². The van der Waals surface area contributed by atoms with Crippen LogP contribution in [0.2, 0.25) is 0 Å². The molecule has 0 aromatic heterocycles. The third kappa shape index (κ3) is 1.74. The number of nitriles is 1. The molecule has 1 saturated heterocycles. The van der Waals surface area contributed by atoms with E-state index in [2.05, 4.69) is 10.8 Å². The Morgan fingerprint density at radius 3 is 2.85 bits per heavy atom. The average Bonchev–Trinajstić information content (AvgIpc) is 2.11. The lowest BCUT2D eigenvalue weighted by Gasteiger charge is -2.41. The molecule has 0 aromatic rings. The molecule has 1 heterocycles. The first-order valence-corrected chi connectivity index (χ1v) is 4.48. The Morgan fingerprint density at radius 2 is 2.54 bits per heavy atom. The molecule has 2 atom stereocenters. The van der Waals surface area contributed by atoms with Crippen molar-refractivity contribution in [3.8, 4) is 6.07 Å². The highest BCUT2D eigenvalue weighted by Gasteiger charge is 2.37. The van der Waals surface area contributed by atoms with Crippen molar-refractivity contribution < 1.29 is 9.53 Å². The lowest BCUT2D eigenvalue weighted by atomic mass is 9.89. The van der Waals surface area contributed by atoms with E-state index < -0.39 is 0 Å². The Hall–Kier alpha value is -1.24. The SMILES string of the molecule is CCC(C#N)C1CCN1C(=O)OC. The minimum atomic E-state index is -0.315. The van der Waals surface area contributed by atoms with Crippen LogP contribution in [0, 0.1) is 17.2 Å². The van der Waals surface area contributed by atoms with Crippen LogP contribution in [-0.4, -0.2) is 30.7 Å². The zero-order valence-electron chi connectivity index (χ0n) is 7.99. The number of methoxy groups -OCH3 is 1. The fourth-order valence-corrected chi connectivity index (χ4v) is 1.62. The van der Waals surface area contributed by atoms with Crippen molar-refractivity contribution in [1.29, 1.82) is 5.26 Å². The first-order valence-electron chi connectivity index (χ1n) is 4.48. The van der Waals surface area contributed by atoms with Gasteiger partial charge in [-0.15, -0.1) is 0 Å². The van der Waals surface area contributed by atoms with E-state index in [0.717, 1.165) is 19.4 Å². The summed E-state index contributed by atoms with van der Waals surface area (Å²) in [5, 5.41) is 8.80. The van der Waals surface area contributed by atoms with E-state index in [9.17, 15) is 4.79 Å². The second-order valence-electron chi connectivity index (χ2n) is 3.16. The van der Waals surface area contributed by atoms with Gasteiger partial charge in [0.2, 0.25) is 0 Å². The number of amides is 1. The van der Waals surface area contributed by atoms with E-state index in [1.165, 1.54) is 7.11 Å². The van der Waals surface area contributed by atoms with E-state index >= 15 is 0 Å². The molecule has 0 aromatic carbocycles.